The van der Waals surface area contributed by atoms with Gasteiger partial charge in [-0.05, 0) is 34.2 Å². The fourth-order valence-corrected chi connectivity index (χ4v) is 2.80. The summed E-state index contributed by atoms with van der Waals surface area (Å²) in [6.45, 7) is 3.65. The molecule has 2 rings (SSSR count). The third-order valence-corrected chi connectivity index (χ3v) is 4.03. The number of aromatic nitrogens is 2. The Morgan fingerprint density at radius 1 is 1.76 bits per heavy atom. The van der Waals surface area contributed by atoms with Gasteiger partial charge in [0.1, 0.15) is 0 Å². The van der Waals surface area contributed by atoms with Gasteiger partial charge in [0, 0.05) is 7.11 Å². The van der Waals surface area contributed by atoms with Crippen LogP contribution in [0.1, 0.15) is 25.1 Å². The van der Waals surface area contributed by atoms with E-state index < -0.39 is 0 Å². The molecule has 0 amide bonds. The number of halogens is 1. The van der Waals surface area contributed by atoms with Crippen molar-refractivity contribution in [3.05, 3.63) is 16.4 Å². The Kier molecular flexibility index (Phi) is 4.19. The molecule has 1 aliphatic carbocycles. The molecule has 1 saturated carbocycles. The number of rotatable bonds is 6. The van der Waals surface area contributed by atoms with E-state index in [1.165, 1.54) is 6.42 Å². The first-order chi connectivity index (χ1) is 8.19. The zero-order valence-electron chi connectivity index (χ0n) is 10.2. The standard InChI is InChI=1S/C11H19BrN4O/c1-7-5-8(7)10(15-13)11-9(12)6-14-16(11)3-4-17-2/h6-8,10,15H,3-5,13H2,1-2H3. The minimum atomic E-state index is 0.165. The number of nitrogens with one attached hydrogen (secondary N) is 1. The summed E-state index contributed by atoms with van der Waals surface area (Å²) in [5.41, 5.74) is 4.05. The Morgan fingerprint density at radius 3 is 3.00 bits per heavy atom. The van der Waals surface area contributed by atoms with Crippen molar-refractivity contribution in [3.8, 4) is 0 Å². The second-order valence-corrected chi connectivity index (χ2v) is 5.47. The van der Waals surface area contributed by atoms with Crippen molar-refractivity contribution in [2.24, 2.45) is 17.7 Å². The van der Waals surface area contributed by atoms with Crippen LogP contribution in [0.15, 0.2) is 10.7 Å². The van der Waals surface area contributed by atoms with Crippen molar-refractivity contribution in [2.45, 2.75) is 25.9 Å². The van der Waals surface area contributed by atoms with Crippen molar-refractivity contribution in [3.63, 3.8) is 0 Å². The van der Waals surface area contributed by atoms with Crippen LogP contribution < -0.4 is 11.3 Å². The molecule has 0 bridgehead atoms. The summed E-state index contributed by atoms with van der Waals surface area (Å²) in [5, 5.41) is 4.35. The summed E-state index contributed by atoms with van der Waals surface area (Å²) in [6, 6.07) is 0.165. The van der Waals surface area contributed by atoms with Gasteiger partial charge in [0.2, 0.25) is 0 Å². The summed E-state index contributed by atoms with van der Waals surface area (Å²) in [6.07, 6.45) is 3.04. The van der Waals surface area contributed by atoms with E-state index in [4.69, 9.17) is 10.6 Å². The number of hydrazine groups is 1. The lowest BCUT2D eigenvalue weighted by atomic mass is 10.1. The molecule has 6 heteroatoms. The fraction of sp³-hybridized carbons (Fsp3) is 0.727. The van der Waals surface area contributed by atoms with Crippen molar-refractivity contribution in [1.82, 2.24) is 15.2 Å². The monoisotopic (exact) mass is 302 g/mol. The highest BCUT2D eigenvalue weighted by molar-refractivity contribution is 9.10. The second-order valence-electron chi connectivity index (χ2n) is 4.61. The SMILES string of the molecule is COCCn1ncc(Br)c1C(NN)C1CC1C. The summed E-state index contributed by atoms with van der Waals surface area (Å²) < 4.78 is 8.06. The normalized spacial score (nSPS) is 24.9. The molecule has 0 aromatic carbocycles. The van der Waals surface area contributed by atoms with E-state index in [0.29, 0.717) is 12.5 Å². The second kappa shape index (κ2) is 5.48. The highest BCUT2D eigenvalue weighted by Gasteiger charge is 2.41. The van der Waals surface area contributed by atoms with Crippen LogP contribution in [-0.4, -0.2) is 23.5 Å². The lowest BCUT2D eigenvalue weighted by molar-refractivity contribution is 0.181. The molecule has 96 valence electrons. The molecular formula is C11H19BrN4O. The molecule has 0 spiro atoms. The Hall–Kier alpha value is -0.430. The Balaban J connectivity index is 2.19. The average Bonchev–Trinajstić information content (AvgIpc) is 2.92. The number of ether oxygens (including phenoxy) is 1. The molecule has 0 saturated heterocycles. The smallest absolute Gasteiger partial charge is 0.0713 e. The van der Waals surface area contributed by atoms with Gasteiger partial charge < -0.3 is 4.74 Å². The molecule has 1 aliphatic rings. The highest BCUT2D eigenvalue weighted by atomic mass is 79.9. The first-order valence-electron chi connectivity index (χ1n) is 5.85. The molecule has 1 aromatic heterocycles. The zero-order valence-corrected chi connectivity index (χ0v) is 11.8. The summed E-state index contributed by atoms with van der Waals surface area (Å²) in [5.74, 6) is 7.03. The van der Waals surface area contributed by atoms with Crippen molar-refractivity contribution in [2.75, 3.05) is 13.7 Å². The van der Waals surface area contributed by atoms with E-state index in [1.54, 1.807) is 7.11 Å². The molecule has 1 heterocycles. The number of hydrogen-bond donors (Lipinski definition) is 2. The van der Waals surface area contributed by atoms with Crippen LogP contribution >= 0.6 is 15.9 Å². The third-order valence-electron chi connectivity index (χ3n) is 3.41. The lowest BCUT2D eigenvalue weighted by Crippen LogP contribution is -2.32. The van der Waals surface area contributed by atoms with Gasteiger partial charge in [0.15, 0.2) is 0 Å². The Labute approximate surface area is 110 Å². The average molecular weight is 303 g/mol. The Bertz CT molecular complexity index is 382. The van der Waals surface area contributed by atoms with Crippen LogP contribution in [0.5, 0.6) is 0 Å². The van der Waals surface area contributed by atoms with Gasteiger partial charge in [-0.3, -0.25) is 16.0 Å². The van der Waals surface area contributed by atoms with Crippen LogP contribution in [0.25, 0.3) is 0 Å². The maximum atomic E-state index is 5.69. The molecule has 0 radical (unpaired) electrons. The van der Waals surface area contributed by atoms with Crippen LogP contribution in [0.3, 0.4) is 0 Å². The first-order valence-corrected chi connectivity index (χ1v) is 6.64. The van der Waals surface area contributed by atoms with E-state index in [9.17, 15) is 0 Å². The van der Waals surface area contributed by atoms with Crippen molar-refractivity contribution < 1.29 is 4.74 Å². The van der Waals surface area contributed by atoms with Gasteiger partial charge in [0.05, 0.1) is 35.6 Å². The van der Waals surface area contributed by atoms with Crippen LogP contribution in [0.2, 0.25) is 0 Å². The van der Waals surface area contributed by atoms with Gasteiger partial charge in [-0.15, -0.1) is 0 Å². The zero-order chi connectivity index (χ0) is 12.4. The largest absolute Gasteiger partial charge is 0.383 e. The molecule has 0 aliphatic heterocycles. The molecule has 3 unspecified atom stereocenters. The van der Waals surface area contributed by atoms with E-state index in [0.717, 1.165) is 22.6 Å². The number of nitrogens with two attached hydrogens (primary N) is 1. The molecule has 5 nitrogen and oxygen atoms in total. The minimum absolute atomic E-state index is 0.165. The molecule has 3 atom stereocenters. The van der Waals surface area contributed by atoms with Crippen LogP contribution in [-0.2, 0) is 11.3 Å². The van der Waals surface area contributed by atoms with Crippen LogP contribution in [0, 0.1) is 11.8 Å². The van der Waals surface area contributed by atoms with Crippen LogP contribution in [0.4, 0.5) is 0 Å². The van der Waals surface area contributed by atoms with Gasteiger partial charge in [-0.1, -0.05) is 6.92 Å². The maximum absolute atomic E-state index is 5.69. The summed E-state index contributed by atoms with van der Waals surface area (Å²) in [4.78, 5) is 0. The third kappa shape index (κ3) is 2.70. The molecule has 17 heavy (non-hydrogen) atoms. The van der Waals surface area contributed by atoms with E-state index >= 15 is 0 Å². The predicted octanol–water partition coefficient (Wildman–Crippen LogP) is 1.45. The van der Waals surface area contributed by atoms with E-state index in [1.807, 2.05) is 10.9 Å². The number of methoxy groups -OCH3 is 1. The van der Waals surface area contributed by atoms with Gasteiger partial charge in [0.25, 0.3) is 0 Å². The van der Waals surface area contributed by atoms with Crippen molar-refractivity contribution >= 4 is 15.9 Å². The Morgan fingerprint density at radius 2 is 2.47 bits per heavy atom. The number of nitrogens with zero attached hydrogens (tertiary/aromatic N) is 2. The maximum Gasteiger partial charge on any atom is 0.0713 e. The van der Waals surface area contributed by atoms with Gasteiger partial charge in [-0.2, -0.15) is 5.10 Å². The summed E-state index contributed by atoms with van der Waals surface area (Å²) in [7, 11) is 1.69. The molecule has 3 N–H and O–H groups in total. The molecule has 1 fully saturated rings. The van der Waals surface area contributed by atoms with Gasteiger partial charge >= 0.3 is 0 Å². The lowest BCUT2D eigenvalue weighted by Gasteiger charge is -2.18. The summed E-state index contributed by atoms with van der Waals surface area (Å²) >= 11 is 3.55. The number of hydrogen-bond acceptors (Lipinski definition) is 4. The quantitative estimate of drug-likeness (QED) is 0.617. The minimum Gasteiger partial charge on any atom is -0.383 e. The van der Waals surface area contributed by atoms with Gasteiger partial charge in [-0.25, -0.2) is 0 Å². The van der Waals surface area contributed by atoms with E-state index in [-0.39, 0.29) is 6.04 Å². The van der Waals surface area contributed by atoms with Crippen molar-refractivity contribution in [1.29, 1.82) is 0 Å². The highest BCUT2D eigenvalue weighted by Crippen LogP contribution is 2.47. The molecular weight excluding hydrogens is 284 g/mol. The molecule has 1 aromatic rings. The van der Waals surface area contributed by atoms with E-state index in [2.05, 4.69) is 33.4 Å². The predicted molar refractivity (Wildman–Crippen MR) is 69.1 cm³/mol. The first kappa shape index (κ1) is 13.0. The fourth-order valence-electron chi connectivity index (χ4n) is 2.26. The topological polar surface area (TPSA) is 65.1 Å².